The minimum Gasteiger partial charge on any atom is -0.201 e. The van der Waals surface area contributed by atoms with Crippen molar-refractivity contribution in [2.45, 2.75) is 219 Å². The van der Waals surface area contributed by atoms with Gasteiger partial charge in [0.1, 0.15) is 42.3 Å². The molecule has 113 heavy (non-hydrogen) atoms. The van der Waals surface area contributed by atoms with Crippen LogP contribution in [-0.4, -0.2) is 0 Å². The minimum absolute atomic E-state index is 0.0554. The Balaban J connectivity index is 0.000000183. The van der Waals surface area contributed by atoms with Crippen LogP contribution in [0, 0.1) is 94.5 Å². The molecule has 6 aromatic carbocycles. The van der Waals surface area contributed by atoms with Gasteiger partial charge in [0.2, 0.25) is 34.2 Å². The Labute approximate surface area is 716 Å². The van der Waals surface area contributed by atoms with Crippen molar-refractivity contribution >= 4 is 0 Å². The molecule has 14 rings (SSSR count). The summed E-state index contributed by atoms with van der Waals surface area (Å²) in [5.41, 5.74) is 24.9. The Morgan fingerprint density at radius 1 is 0.327 bits per heavy atom. The van der Waals surface area contributed by atoms with Gasteiger partial charge in [-0.1, -0.05) is 183 Å². The first-order chi connectivity index (χ1) is 63.0. The van der Waals surface area contributed by atoms with Crippen molar-refractivity contribution in [1.82, 2.24) is 0 Å². The van der Waals surface area contributed by atoms with E-state index in [4.69, 9.17) is 31.5 Å². The van der Waals surface area contributed by atoms with Gasteiger partial charge in [0.25, 0.3) is 0 Å². The van der Waals surface area contributed by atoms with Gasteiger partial charge in [0.15, 0.2) is 37.2 Å². The van der Waals surface area contributed by atoms with E-state index < -0.39 is 59.8 Å². The van der Waals surface area contributed by atoms with Gasteiger partial charge in [0, 0.05) is 135 Å². The molecule has 2 aliphatic rings. The largest absolute Gasteiger partial charge is 0.212 e. The highest BCUT2D eigenvalue weighted by molar-refractivity contribution is 5.66. The number of benzene rings is 6. The van der Waals surface area contributed by atoms with Crippen LogP contribution in [0.5, 0.6) is 0 Å². The van der Waals surface area contributed by atoms with E-state index in [0.29, 0.717) is 39.7 Å². The van der Waals surface area contributed by atoms with Crippen molar-refractivity contribution in [2.75, 3.05) is 0 Å². The molecule has 2 saturated carbocycles. The Bertz CT molecular complexity index is 6060. The Morgan fingerprint density at radius 2 is 0.611 bits per heavy atom. The molecule has 0 atom stereocenters. The van der Waals surface area contributed by atoms with Crippen molar-refractivity contribution in [1.29, 1.82) is 0 Å². The van der Waals surface area contributed by atoms with Crippen LogP contribution in [0.1, 0.15) is 249 Å². The van der Waals surface area contributed by atoms with Gasteiger partial charge in [-0.25, -0.2) is 27.4 Å². The Morgan fingerprint density at radius 3 is 0.947 bits per heavy atom. The van der Waals surface area contributed by atoms with Crippen molar-refractivity contribution in [3.8, 4) is 67.5 Å². The van der Waals surface area contributed by atoms with Crippen LogP contribution in [0.2, 0.25) is 0 Å². The third kappa shape index (κ3) is 22.8. The number of nitrogens with zero attached hydrogens (tertiary/aromatic N) is 6. The average Bonchev–Trinajstić information content (AvgIpc) is 1.50. The fourth-order valence-electron chi connectivity index (χ4n) is 15.4. The molecule has 0 spiro atoms. The maximum absolute atomic E-state index is 8.87. The topological polar surface area (TPSA) is 23.3 Å². The summed E-state index contributed by atoms with van der Waals surface area (Å²) in [5, 5.41) is 0. The third-order valence-corrected chi connectivity index (χ3v) is 21.7. The normalized spacial score (nSPS) is 16.8. The first kappa shape index (κ1) is 59.9. The molecule has 2 aliphatic carbocycles. The molecular weight excluding hydrogens is 1370 g/mol. The van der Waals surface area contributed by atoms with E-state index in [1.807, 2.05) is 196 Å². The SMILES string of the molecule is [2H]C([2H])([2H])c1c[n+](C)c(-c2ccccc2C)cc1C(C)C.[2H]C([2H])([2H])c1c[n+](C)c(-c2ccccc2C)cc1C([2H])([2H])C.[2H]C([2H])([2H])c1c[n+](C)c(-c2ccccc2C)cc1C([2H])([2H])C(C)C.[2H]C([2H])([2H])c1c[n+](C)c(-c2ccccc2C)cc1C1([2H])CCCC1.[2H]C([2H])([2H])c1c[n+](C)c(-c2ccccc2C)cc1C1CCCC1.[2H]C([2H])([2H])c1c[n+](C)c(-c2ccccc2C)cc1CC(C)C. The Kier molecular flexibility index (Phi) is 21.6. The van der Waals surface area contributed by atoms with Crippen LogP contribution in [0.3, 0.4) is 0 Å². The van der Waals surface area contributed by atoms with Crippen molar-refractivity contribution in [3.05, 3.63) is 319 Å². The molecule has 590 valence electrons. The maximum atomic E-state index is 8.87. The van der Waals surface area contributed by atoms with E-state index in [2.05, 4.69) is 96.1 Å². The number of aryl methyl sites for hydroxylation is 19. The monoisotopic (exact) mass is 1530 g/mol. The molecule has 6 nitrogen and oxygen atoms in total. The summed E-state index contributed by atoms with van der Waals surface area (Å²) in [6.45, 7) is 12.4. The van der Waals surface area contributed by atoms with Crippen LogP contribution in [0.4, 0.5) is 0 Å². The lowest BCUT2D eigenvalue weighted by Gasteiger charge is -2.14. The van der Waals surface area contributed by atoms with Gasteiger partial charge in [-0.2, -0.15) is 0 Å². The summed E-state index contributed by atoms with van der Waals surface area (Å²) >= 11 is 0. The number of aromatic nitrogens is 6. The lowest BCUT2D eigenvalue weighted by atomic mass is 9.92. The molecule has 0 amide bonds. The molecule has 0 bridgehead atoms. The first-order valence-corrected chi connectivity index (χ1v) is 40.1. The summed E-state index contributed by atoms with van der Waals surface area (Å²) in [6, 6.07) is 59.9. The van der Waals surface area contributed by atoms with Crippen LogP contribution in [0.15, 0.2) is 219 Å². The van der Waals surface area contributed by atoms with Crippen LogP contribution < -0.4 is 27.4 Å². The molecule has 0 unspecified atom stereocenters. The van der Waals surface area contributed by atoms with E-state index in [9.17, 15) is 0 Å². The predicted molar refractivity (Wildman–Crippen MR) is 478 cm³/mol. The summed E-state index contributed by atoms with van der Waals surface area (Å²) in [5.74, 6) is -0.150. The van der Waals surface area contributed by atoms with E-state index in [1.165, 1.54) is 48.2 Å². The zero-order valence-corrected chi connectivity index (χ0v) is 70.6. The van der Waals surface area contributed by atoms with Crippen LogP contribution in [0.25, 0.3) is 67.5 Å². The predicted octanol–water partition coefficient (Wildman–Crippen LogP) is 24.2. The first-order valence-electron chi connectivity index (χ1n) is 51.6. The van der Waals surface area contributed by atoms with E-state index in [0.717, 1.165) is 140 Å². The quantitative estimate of drug-likeness (QED) is 0.0969. The minimum atomic E-state index is -2.36. The fraction of sp³-hybridized carbons (Fsp3) is 0.383. The van der Waals surface area contributed by atoms with Gasteiger partial charge >= 0.3 is 0 Å². The molecule has 2 fully saturated rings. The maximum Gasteiger partial charge on any atom is 0.212 e. The molecule has 6 heteroatoms. The van der Waals surface area contributed by atoms with E-state index in [-0.39, 0.29) is 34.1 Å². The van der Waals surface area contributed by atoms with Gasteiger partial charge in [-0.3, -0.25) is 0 Å². The molecular formula is C107H138N6+6. The van der Waals surface area contributed by atoms with Gasteiger partial charge in [-0.05, 0) is 260 Å². The second kappa shape index (κ2) is 40.8. The number of hydrogen-bond acceptors (Lipinski definition) is 0. The molecule has 6 aromatic heterocycles. The average molecular weight is 1530 g/mol. The molecule has 0 saturated heterocycles. The lowest BCUT2D eigenvalue weighted by Crippen LogP contribution is -2.32. The molecule has 6 heterocycles. The highest BCUT2D eigenvalue weighted by atomic mass is 14.9. The summed E-state index contributed by atoms with van der Waals surface area (Å²) in [6.07, 6.45) is 15.5. The molecule has 0 radical (unpaired) electrons. The van der Waals surface area contributed by atoms with Gasteiger partial charge < -0.3 is 0 Å². The summed E-state index contributed by atoms with van der Waals surface area (Å²) in [4.78, 5) is 0. The zero-order valence-electron chi connectivity index (χ0n) is 93.6. The number of pyridine rings is 6. The van der Waals surface area contributed by atoms with Crippen LogP contribution in [-0.2, 0) is 61.5 Å². The van der Waals surface area contributed by atoms with Gasteiger partial charge in [-0.15, -0.1) is 0 Å². The molecule has 0 aliphatic heterocycles. The highest BCUT2D eigenvalue weighted by Crippen LogP contribution is 2.39. The standard InChI is InChI=1S/2C19H24N.2C18H24N.C17H22N.C16H20N/c2*1-14-8-4-7-11-17(14)19-12-18(15(2)13-20(19)3)16-9-5-6-10-16;2*1-13(2)10-16-11-18(19(5)12-15(16)4)17-9-7-6-8-14(17)3;1-12(2)16-10-17(18(5)11-14(16)4)15-9-7-6-8-13(15)3;1-5-14-10-16(17(4)11-13(14)3)15-9-7-6-8-12(15)2/h2*4,7-8,11-13,16H,5-6,9-10H2,1-3H3;2*6-9,11-13H,10H2,1-5H3;6-12H,1-5H3;6-11H,5H2,1-4H3/q6*+1/i2D3,16D;2D3;4D3,10D2;2*4D3;3D3,5D2. The van der Waals surface area contributed by atoms with Crippen molar-refractivity contribution < 1.29 is 58.9 Å². The van der Waals surface area contributed by atoms with E-state index in [1.54, 1.807) is 74.0 Å². The summed E-state index contributed by atoms with van der Waals surface area (Å²) < 4.78 is 193. The Hall–Kier alpha value is -9.78. The smallest absolute Gasteiger partial charge is 0.201 e. The highest BCUT2D eigenvalue weighted by Gasteiger charge is 2.27. The van der Waals surface area contributed by atoms with Crippen LogP contribution >= 0.6 is 0 Å². The number of hydrogen-bond donors (Lipinski definition) is 0. The molecule has 0 N–H and O–H groups in total. The third-order valence-electron chi connectivity index (χ3n) is 21.7. The van der Waals surface area contributed by atoms with E-state index >= 15 is 0 Å². The lowest BCUT2D eigenvalue weighted by molar-refractivity contribution is -0.661. The zero-order chi connectivity index (χ0) is 101. The summed E-state index contributed by atoms with van der Waals surface area (Å²) in [7, 11) is 11.2. The second-order valence-corrected chi connectivity index (χ2v) is 31.8. The van der Waals surface area contributed by atoms with Crippen molar-refractivity contribution in [3.63, 3.8) is 0 Å². The number of rotatable bonds is 14. The fourth-order valence-corrected chi connectivity index (χ4v) is 15.4. The molecule has 12 aromatic rings. The second-order valence-electron chi connectivity index (χ2n) is 31.8. The van der Waals surface area contributed by atoms with Crippen molar-refractivity contribution in [2.24, 2.45) is 54.1 Å². The van der Waals surface area contributed by atoms with Gasteiger partial charge in [0.05, 0.1) is 0 Å².